The third-order valence-corrected chi connectivity index (χ3v) is 5.47. The van der Waals surface area contributed by atoms with E-state index < -0.39 is 27.1 Å². The molecule has 5 nitrogen and oxygen atoms in total. The highest BCUT2D eigenvalue weighted by Gasteiger charge is 2.30. The topological polar surface area (TPSA) is 64.0 Å². The summed E-state index contributed by atoms with van der Waals surface area (Å²) in [5.74, 6) is -2.18. The maximum absolute atomic E-state index is 13.4. The Hall–Kier alpha value is -2.74. The molecule has 0 aliphatic heterocycles. The second-order valence-electron chi connectivity index (χ2n) is 7.51. The van der Waals surface area contributed by atoms with Crippen molar-refractivity contribution in [1.29, 1.82) is 0 Å². The summed E-state index contributed by atoms with van der Waals surface area (Å²) in [4.78, 5) is 0.000615. The van der Waals surface area contributed by atoms with Crippen molar-refractivity contribution in [1.82, 2.24) is 9.78 Å². The van der Waals surface area contributed by atoms with Gasteiger partial charge < -0.3 is 0 Å². The molecule has 0 saturated heterocycles. The average Bonchev–Trinajstić information content (AvgIpc) is 3.04. The predicted octanol–water partition coefficient (Wildman–Crippen LogP) is 4.31. The molecule has 28 heavy (non-hydrogen) atoms. The summed E-state index contributed by atoms with van der Waals surface area (Å²) in [6.45, 7) is 5.99. The number of hydrogen-bond acceptors (Lipinski definition) is 3. The number of hydrogen-bond donors (Lipinski definition) is 1. The van der Waals surface area contributed by atoms with E-state index in [4.69, 9.17) is 0 Å². The van der Waals surface area contributed by atoms with Crippen LogP contribution in [-0.2, 0) is 22.0 Å². The molecule has 0 fully saturated rings. The minimum atomic E-state index is -4.05. The molecule has 0 aliphatic rings. The fourth-order valence-corrected chi connectivity index (χ4v) is 4.15. The van der Waals surface area contributed by atoms with Crippen LogP contribution in [0.4, 0.5) is 14.5 Å². The van der Waals surface area contributed by atoms with E-state index in [1.54, 1.807) is 4.68 Å². The van der Waals surface area contributed by atoms with Crippen LogP contribution >= 0.6 is 0 Å². The molecule has 3 rings (SSSR count). The van der Waals surface area contributed by atoms with Gasteiger partial charge in [0.2, 0.25) is 0 Å². The first-order chi connectivity index (χ1) is 13.1. The second kappa shape index (κ2) is 7.35. The van der Waals surface area contributed by atoms with E-state index in [1.165, 1.54) is 12.3 Å². The molecule has 8 heteroatoms. The molecule has 0 amide bonds. The number of sulfonamides is 1. The van der Waals surface area contributed by atoms with Crippen LogP contribution in [0.2, 0.25) is 0 Å². The maximum atomic E-state index is 13.4. The SMILES string of the molecule is CC(C)(C)c1nn(Cc2ccccc2)cc1S(=O)(=O)Nc1ccc(F)c(F)c1. The van der Waals surface area contributed by atoms with Gasteiger partial charge in [-0.05, 0) is 17.7 Å². The molecule has 2 aromatic carbocycles. The Kier molecular flexibility index (Phi) is 5.25. The van der Waals surface area contributed by atoms with E-state index in [2.05, 4.69) is 9.82 Å². The molecule has 1 N–H and O–H groups in total. The van der Waals surface area contributed by atoms with Gasteiger partial charge in [0.15, 0.2) is 11.6 Å². The van der Waals surface area contributed by atoms with Crippen molar-refractivity contribution in [2.75, 3.05) is 4.72 Å². The molecule has 1 aromatic heterocycles. The zero-order valence-corrected chi connectivity index (χ0v) is 16.6. The number of halogens is 2. The largest absolute Gasteiger partial charge is 0.279 e. The van der Waals surface area contributed by atoms with Gasteiger partial charge in [-0.2, -0.15) is 5.10 Å². The fourth-order valence-electron chi connectivity index (χ4n) is 2.74. The number of nitrogens with zero attached hydrogens (tertiary/aromatic N) is 2. The number of anilines is 1. The second-order valence-corrected chi connectivity index (χ2v) is 9.16. The van der Waals surface area contributed by atoms with E-state index in [0.29, 0.717) is 12.2 Å². The number of nitrogens with one attached hydrogen (secondary N) is 1. The number of aromatic nitrogens is 2. The maximum Gasteiger partial charge on any atom is 0.265 e. The van der Waals surface area contributed by atoms with Gasteiger partial charge in [0.25, 0.3) is 10.0 Å². The molecule has 0 bridgehead atoms. The van der Waals surface area contributed by atoms with Gasteiger partial charge in [0.1, 0.15) is 4.90 Å². The molecular formula is C20H21F2N3O2S. The monoisotopic (exact) mass is 405 g/mol. The van der Waals surface area contributed by atoms with Gasteiger partial charge in [0, 0.05) is 17.7 Å². The molecule has 0 atom stereocenters. The predicted molar refractivity (Wildman–Crippen MR) is 104 cm³/mol. The standard InChI is InChI=1S/C20H21F2N3O2S/c1-20(2,3)19-18(13-25(23-19)12-14-7-5-4-6-8-14)28(26,27)24-15-9-10-16(21)17(22)11-15/h4-11,13,24H,12H2,1-3H3. The Morgan fingerprint density at radius 1 is 1.04 bits per heavy atom. The number of rotatable bonds is 5. The lowest BCUT2D eigenvalue weighted by atomic mass is 9.92. The molecule has 148 valence electrons. The lowest BCUT2D eigenvalue weighted by molar-refractivity contribution is 0.509. The van der Waals surface area contributed by atoms with Crippen molar-refractivity contribution in [3.8, 4) is 0 Å². The highest BCUT2D eigenvalue weighted by Crippen LogP contribution is 2.29. The summed E-state index contributed by atoms with van der Waals surface area (Å²) in [6.07, 6.45) is 1.45. The van der Waals surface area contributed by atoms with Crippen molar-refractivity contribution in [3.63, 3.8) is 0 Å². The molecule has 1 heterocycles. The van der Waals surface area contributed by atoms with Crippen molar-refractivity contribution < 1.29 is 17.2 Å². The summed E-state index contributed by atoms with van der Waals surface area (Å²) in [5.41, 5.74) is 0.760. The first-order valence-electron chi connectivity index (χ1n) is 8.66. The molecule has 0 aliphatic carbocycles. The van der Waals surface area contributed by atoms with Gasteiger partial charge in [-0.15, -0.1) is 0 Å². The van der Waals surface area contributed by atoms with Crippen molar-refractivity contribution in [3.05, 3.63) is 77.6 Å². The van der Waals surface area contributed by atoms with Crippen LogP contribution in [-0.4, -0.2) is 18.2 Å². The van der Waals surface area contributed by atoms with Crippen LogP contribution < -0.4 is 4.72 Å². The van der Waals surface area contributed by atoms with E-state index >= 15 is 0 Å². The van der Waals surface area contributed by atoms with Gasteiger partial charge in [-0.25, -0.2) is 17.2 Å². The summed E-state index contributed by atoms with van der Waals surface area (Å²) in [6, 6.07) is 12.4. The van der Waals surface area contributed by atoms with Gasteiger partial charge in [-0.3, -0.25) is 9.40 Å². The molecule has 0 spiro atoms. The van der Waals surface area contributed by atoms with Crippen LogP contribution in [0.25, 0.3) is 0 Å². The number of benzene rings is 2. The van der Waals surface area contributed by atoms with E-state index in [9.17, 15) is 17.2 Å². The summed E-state index contributed by atoms with van der Waals surface area (Å²) >= 11 is 0. The Bertz CT molecular complexity index is 1090. The molecule has 0 saturated carbocycles. The summed E-state index contributed by atoms with van der Waals surface area (Å²) in [7, 11) is -4.05. The summed E-state index contributed by atoms with van der Waals surface area (Å²) in [5, 5.41) is 4.48. The molecular weight excluding hydrogens is 384 g/mol. The van der Waals surface area contributed by atoms with Crippen LogP contribution in [0, 0.1) is 11.6 Å². The van der Waals surface area contributed by atoms with Crippen LogP contribution in [0.3, 0.4) is 0 Å². The van der Waals surface area contributed by atoms with Crippen molar-refractivity contribution in [2.45, 2.75) is 37.6 Å². The van der Waals surface area contributed by atoms with Crippen LogP contribution in [0.15, 0.2) is 59.6 Å². The van der Waals surface area contributed by atoms with Crippen LogP contribution in [0.5, 0.6) is 0 Å². The first-order valence-corrected chi connectivity index (χ1v) is 10.1. The molecule has 0 unspecified atom stereocenters. The third-order valence-electron chi connectivity index (χ3n) is 4.09. The average molecular weight is 405 g/mol. The van der Waals surface area contributed by atoms with Crippen molar-refractivity contribution >= 4 is 15.7 Å². The Balaban J connectivity index is 1.99. The summed E-state index contributed by atoms with van der Waals surface area (Å²) < 4.78 is 56.3. The normalized spacial score (nSPS) is 12.2. The minimum absolute atomic E-state index is 0.000615. The van der Waals surface area contributed by atoms with Gasteiger partial charge in [0.05, 0.1) is 17.9 Å². The highest BCUT2D eigenvalue weighted by atomic mass is 32.2. The van der Waals surface area contributed by atoms with E-state index in [1.807, 2.05) is 51.1 Å². The van der Waals surface area contributed by atoms with E-state index in [-0.39, 0.29) is 10.6 Å². The molecule has 3 aromatic rings. The molecule has 0 radical (unpaired) electrons. The smallest absolute Gasteiger partial charge is 0.265 e. The Morgan fingerprint density at radius 2 is 1.71 bits per heavy atom. The zero-order valence-electron chi connectivity index (χ0n) is 15.8. The quantitative estimate of drug-likeness (QED) is 0.688. The Morgan fingerprint density at radius 3 is 2.32 bits per heavy atom. The lowest BCUT2D eigenvalue weighted by Gasteiger charge is -2.18. The Labute approximate surface area is 163 Å². The lowest BCUT2D eigenvalue weighted by Crippen LogP contribution is -2.20. The van der Waals surface area contributed by atoms with Crippen molar-refractivity contribution in [2.24, 2.45) is 0 Å². The van der Waals surface area contributed by atoms with E-state index in [0.717, 1.165) is 17.7 Å². The van der Waals surface area contributed by atoms with Crippen LogP contribution in [0.1, 0.15) is 32.0 Å². The minimum Gasteiger partial charge on any atom is -0.279 e. The third kappa shape index (κ3) is 4.39. The zero-order chi connectivity index (χ0) is 20.5. The fraction of sp³-hybridized carbons (Fsp3) is 0.250. The highest BCUT2D eigenvalue weighted by molar-refractivity contribution is 7.92. The van der Waals surface area contributed by atoms with Gasteiger partial charge in [-0.1, -0.05) is 51.1 Å². The van der Waals surface area contributed by atoms with Gasteiger partial charge >= 0.3 is 0 Å². The first kappa shape index (κ1) is 20.0.